The molecule has 0 aromatic carbocycles. The molecule has 2 aliphatic rings. The van der Waals surface area contributed by atoms with Crippen molar-refractivity contribution in [1.82, 2.24) is 10.6 Å². The highest BCUT2D eigenvalue weighted by atomic mass is 16.5. The Bertz CT molecular complexity index is 202. The molecule has 88 valence electrons. The van der Waals surface area contributed by atoms with E-state index < -0.39 is 0 Å². The van der Waals surface area contributed by atoms with Gasteiger partial charge in [0.2, 0.25) is 0 Å². The number of ether oxygens (including phenoxy) is 1. The van der Waals surface area contributed by atoms with E-state index in [0.717, 1.165) is 13.1 Å². The minimum atomic E-state index is 0.447. The van der Waals surface area contributed by atoms with Gasteiger partial charge in [-0.1, -0.05) is 6.92 Å². The molecule has 3 unspecified atom stereocenters. The molecule has 1 saturated carbocycles. The van der Waals surface area contributed by atoms with Crippen molar-refractivity contribution in [3.8, 4) is 0 Å². The predicted molar refractivity (Wildman–Crippen MR) is 62.0 cm³/mol. The summed E-state index contributed by atoms with van der Waals surface area (Å²) in [6.07, 6.45) is 5.56. The molecular formula is C12H24N2O. The molecule has 2 fully saturated rings. The Hall–Kier alpha value is -0.120. The van der Waals surface area contributed by atoms with Crippen LogP contribution in [0.4, 0.5) is 0 Å². The van der Waals surface area contributed by atoms with Gasteiger partial charge >= 0.3 is 0 Å². The summed E-state index contributed by atoms with van der Waals surface area (Å²) in [5.41, 5.74) is 0.459. The number of hydrogen-bond acceptors (Lipinski definition) is 3. The van der Waals surface area contributed by atoms with Gasteiger partial charge in [-0.25, -0.2) is 0 Å². The molecule has 1 aliphatic heterocycles. The molecule has 3 atom stereocenters. The van der Waals surface area contributed by atoms with Crippen LogP contribution in [-0.4, -0.2) is 38.9 Å². The normalized spacial score (nSPS) is 41.2. The quantitative estimate of drug-likeness (QED) is 0.733. The first-order valence-electron chi connectivity index (χ1n) is 6.20. The van der Waals surface area contributed by atoms with Crippen LogP contribution in [0, 0.1) is 5.41 Å². The summed E-state index contributed by atoms with van der Waals surface area (Å²) in [6.45, 7) is 5.84. The minimum Gasteiger partial charge on any atom is -0.380 e. The summed E-state index contributed by atoms with van der Waals surface area (Å²) in [5.74, 6) is 0. The summed E-state index contributed by atoms with van der Waals surface area (Å²) < 4.78 is 5.49. The Morgan fingerprint density at radius 1 is 1.47 bits per heavy atom. The van der Waals surface area contributed by atoms with E-state index in [-0.39, 0.29) is 0 Å². The molecule has 0 bridgehead atoms. The van der Waals surface area contributed by atoms with E-state index in [9.17, 15) is 0 Å². The van der Waals surface area contributed by atoms with Crippen molar-refractivity contribution < 1.29 is 4.74 Å². The predicted octanol–water partition coefficient (Wildman–Crippen LogP) is 1.14. The number of nitrogens with one attached hydrogen (secondary N) is 2. The molecule has 3 heteroatoms. The van der Waals surface area contributed by atoms with Crippen LogP contribution >= 0.6 is 0 Å². The maximum atomic E-state index is 5.49. The Labute approximate surface area is 93.0 Å². The second kappa shape index (κ2) is 4.81. The molecular weight excluding hydrogens is 188 g/mol. The molecule has 2 N–H and O–H groups in total. The fraction of sp³-hybridized carbons (Fsp3) is 1.00. The van der Waals surface area contributed by atoms with Crippen molar-refractivity contribution in [2.24, 2.45) is 5.41 Å². The average Bonchev–Trinajstić information content (AvgIpc) is 2.84. The van der Waals surface area contributed by atoms with Crippen LogP contribution in [0.3, 0.4) is 0 Å². The number of methoxy groups -OCH3 is 1. The zero-order valence-corrected chi connectivity index (χ0v) is 10.0. The number of hydrogen-bond donors (Lipinski definition) is 2. The van der Waals surface area contributed by atoms with Gasteiger partial charge in [-0.3, -0.25) is 0 Å². The van der Waals surface area contributed by atoms with Gasteiger partial charge in [0.1, 0.15) is 0 Å². The van der Waals surface area contributed by atoms with E-state index in [4.69, 9.17) is 4.74 Å². The third kappa shape index (κ3) is 2.71. The van der Waals surface area contributed by atoms with Crippen LogP contribution in [-0.2, 0) is 4.74 Å². The van der Waals surface area contributed by atoms with Gasteiger partial charge < -0.3 is 15.4 Å². The molecule has 0 amide bonds. The van der Waals surface area contributed by atoms with E-state index in [1.165, 1.54) is 32.2 Å². The van der Waals surface area contributed by atoms with Gasteiger partial charge in [0.15, 0.2) is 0 Å². The van der Waals surface area contributed by atoms with Gasteiger partial charge in [0, 0.05) is 26.2 Å². The summed E-state index contributed by atoms with van der Waals surface area (Å²) in [4.78, 5) is 0. The highest BCUT2D eigenvalue weighted by molar-refractivity contribution is 4.90. The molecule has 0 aromatic heterocycles. The summed E-state index contributed by atoms with van der Waals surface area (Å²) in [6, 6.07) is 0.590. The van der Waals surface area contributed by atoms with Crippen LogP contribution in [0.1, 0.15) is 32.6 Å². The molecule has 2 rings (SSSR count). The Balaban J connectivity index is 1.77. The maximum absolute atomic E-state index is 5.49. The van der Waals surface area contributed by atoms with Crippen molar-refractivity contribution in [2.45, 2.75) is 44.8 Å². The first-order valence-corrected chi connectivity index (χ1v) is 6.20. The summed E-state index contributed by atoms with van der Waals surface area (Å²) >= 11 is 0. The second-order valence-corrected chi connectivity index (χ2v) is 5.43. The van der Waals surface area contributed by atoms with Gasteiger partial charge in [0.05, 0.1) is 6.10 Å². The third-order valence-electron chi connectivity index (χ3n) is 4.00. The topological polar surface area (TPSA) is 33.3 Å². The summed E-state index contributed by atoms with van der Waals surface area (Å²) in [5, 5.41) is 7.14. The SMILES string of the molecule is COC1CCCC1NCC1(C)CCNC1. The minimum absolute atomic E-state index is 0.447. The average molecular weight is 212 g/mol. The van der Waals surface area contributed by atoms with Crippen molar-refractivity contribution in [2.75, 3.05) is 26.7 Å². The van der Waals surface area contributed by atoms with E-state index in [1.807, 2.05) is 7.11 Å². The molecule has 1 aliphatic carbocycles. The highest BCUT2D eigenvalue weighted by Crippen LogP contribution is 2.26. The largest absolute Gasteiger partial charge is 0.380 e. The van der Waals surface area contributed by atoms with Gasteiger partial charge in [-0.15, -0.1) is 0 Å². The zero-order chi connectivity index (χ0) is 10.7. The molecule has 1 heterocycles. The zero-order valence-electron chi connectivity index (χ0n) is 10.0. The molecule has 1 saturated heterocycles. The molecule has 3 nitrogen and oxygen atoms in total. The smallest absolute Gasteiger partial charge is 0.0724 e. The monoisotopic (exact) mass is 212 g/mol. The van der Waals surface area contributed by atoms with Gasteiger partial charge in [-0.05, 0) is 37.6 Å². The fourth-order valence-corrected chi connectivity index (χ4v) is 2.84. The second-order valence-electron chi connectivity index (χ2n) is 5.43. The lowest BCUT2D eigenvalue weighted by molar-refractivity contribution is 0.0816. The van der Waals surface area contributed by atoms with Gasteiger partial charge in [-0.2, -0.15) is 0 Å². The lowest BCUT2D eigenvalue weighted by Crippen LogP contribution is -2.43. The van der Waals surface area contributed by atoms with E-state index in [0.29, 0.717) is 17.6 Å². The molecule has 0 spiro atoms. The molecule has 0 aromatic rings. The fourth-order valence-electron chi connectivity index (χ4n) is 2.84. The van der Waals surface area contributed by atoms with E-state index >= 15 is 0 Å². The van der Waals surface area contributed by atoms with Crippen LogP contribution < -0.4 is 10.6 Å². The van der Waals surface area contributed by atoms with Crippen LogP contribution in [0.15, 0.2) is 0 Å². The van der Waals surface area contributed by atoms with Crippen LogP contribution in [0.2, 0.25) is 0 Å². The highest BCUT2D eigenvalue weighted by Gasteiger charge is 2.32. The Kier molecular flexibility index (Phi) is 3.65. The lowest BCUT2D eigenvalue weighted by Gasteiger charge is -2.27. The lowest BCUT2D eigenvalue weighted by atomic mass is 9.89. The standard InChI is InChI=1S/C12H24N2O/c1-12(6-7-13-8-12)9-14-10-4-3-5-11(10)15-2/h10-11,13-14H,3-9H2,1-2H3. The number of rotatable bonds is 4. The molecule has 0 radical (unpaired) electrons. The van der Waals surface area contributed by atoms with E-state index in [1.54, 1.807) is 0 Å². The third-order valence-corrected chi connectivity index (χ3v) is 4.00. The first kappa shape index (κ1) is 11.4. The van der Waals surface area contributed by atoms with E-state index in [2.05, 4.69) is 17.6 Å². The Morgan fingerprint density at radius 2 is 2.33 bits per heavy atom. The summed E-state index contributed by atoms with van der Waals surface area (Å²) in [7, 11) is 1.84. The van der Waals surface area contributed by atoms with Crippen molar-refractivity contribution in [3.05, 3.63) is 0 Å². The van der Waals surface area contributed by atoms with Crippen LogP contribution in [0.5, 0.6) is 0 Å². The van der Waals surface area contributed by atoms with Gasteiger partial charge in [0.25, 0.3) is 0 Å². The first-order chi connectivity index (χ1) is 7.23. The maximum Gasteiger partial charge on any atom is 0.0724 e. The van der Waals surface area contributed by atoms with Crippen molar-refractivity contribution >= 4 is 0 Å². The van der Waals surface area contributed by atoms with Crippen molar-refractivity contribution in [1.29, 1.82) is 0 Å². The van der Waals surface area contributed by atoms with Crippen LogP contribution in [0.25, 0.3) is 0 Å². The molecule has 15 heavy (non-hydrogen) atoms. The Morgan fingerprint density at radius 3 is 3.00 bits per heavy atom. The van der Waals surface area contributed by atoms with Crippen molar-refractivity contribution in [3.63, 3.8) is 0 Å².